The number of hydrogen-bond acceptors (Lipinski definition) is 3. The van der Waals surface area contributed by atoms with E-state index in [9.17, 15) is 0 Å². The average Bonchev–Trinajstić information content (AvgIpc) is 3.16. The van der Waals surface area contributed by atoms with Crippen LogP contribution in [0, 0.1) is 0 Å². The largest absolute Gasteiger partial charge is 0.490 e. The summed E-state index contributed by atoms with van der Waals surface area (Å²) in [6.07, 6.45) is 5.46. The normalized spacial score (nSPS) is 14.4. The van der Waals surface area contributed by atoms with E-state index in [1.807, 2.05) is 24.3 Å². The molecular weight excluding hydrogens is 224 g/mol. The first-order chi connectivity index (χ1) is 8.79. The Balaban J connectivity index is 1.68. The zero-order valence-corrected chi connectivity index (χ0v) is 10.2. The summed E-state index contributed by atoms with van der Waals surface area (Å²) in [7, 11) is 0. The molecule has 1 aromatic heterocycles. The summed E-state index contributed by atoms with van der Waals surface area (Å²) in [5, 5.41) is 0. The molecule has 0 amide bonds. The lowest BCUT2D eigenvalue weighted by Crippen LogP contribution is -1.96. The molecule has 1 aromatic carbocycles. The van der Waals surface area contributed by atoms with Gasteiger partial charge in [-0.15, -0.1) is 0 Å². The molecule has 3 nitrogen and oxygen atoms in total. The van der Waals surface area contributed by atoms with Crippen LogP contribution in [0.2, 0.25) is 0 Å². The van der Waals surface area contributed by atoms with Gasteiger partial charge in [0.2, 0.25) is 0 Å². The second-order valence-electron chi connectivity index (χ2n) is 4.73. The van der Waals surface area contributed by atoms with Crippen LogP contribution in [-0.2, 0) is 6.42 Å². The minimum atomic E-state index is 0.454. The lowest BCUT2D eigenvalue weighted by Gasteiger charge is -2.06. The van der Waals surface area contributed by atoms with Crippen molar-refractivity contribution in [1.29, 1.82) is 0 Å². The van der Waals surface area contributed by atoms with Gasteiger partial charge in [0.25, 0.3) is 0 Å². The topological polar surface area (TPSA) is 48.1 Å². The molecule has 0 radical (unpaired) electrons. The van der Waals surface area contributed by atoms with Crippen LogP contribution in [-0.4, -0.2) is 11.1 Å². The highest BCUT2D eigenvalue weighted by Gasteiger charge is 2.23. The predicted molar refractivity (Wildman–Crippen MR) is 71.5 cm³/mol. The zero-order valence-electron chi connectivity index (χ0n) is 10.2. The van der Waals surface area contributed by atoms with Crippen molar-refractivity contribution < 1.29 is 4.74 Å². The molecule has 0 bridgehead atoms. The molecule has 3 heteroatoms. The Kier molecular flexibility index (Phi) is 2.89. The number of pyridine rings is 1. The lowest BCUT2D eigenvalue weighted by molar-refractivity contribution is 0.303. The number of anilines is 1. The maximum atomic E-state index is 5.72. The predicted octanol–water partition coefficient (Wildman–Crippen LogP) is 2.80. The summed E-state index contributed by atoms with van der Waals surface area (Å²) in [6.45, 7) is 0. The lowest BCUT2D eigenvalue weighted by atomic mass is 10.1. The van der Waals surface area contributed by atoms with Crippen LogP contribution in [0.15, 0.2) is 42.6 Å². The van der Waals surface area contributed by atoms with Crippen molar-refractivity contribution in [2.45, 2.75) is 25.4 Å². The van der Waals surface area contributed by atoms with Crippen molar-refractivity contribution in [3.8, 4) is 5.75 Å². The quantitative estimate of drug-likeness (QED) is 0.894. The summed E-state index contributed by atoms with van der Waals surface area (Å²) in [5.41, 5.74) is 8.10. The number of nitrogens with zero attached hydrogens (tertiary/aromatic N) is 1. The van der Waals surface area contributed by atoms with Crippen LogP contribution in [0.25, 0.3) is 0 Å². The van der Waals surface area contributed by atoms with E-state index < -0.39 is 0 Å². The van der Waals surface area contributed by atoms with Gasteiger partial charge < -0.3 is 10.5 Å². The summed E-state index contributed by atoms with van der Waals surface area (Å²) < 4.78 is 5.72. The van der Waals surface area contributed by atoms with Crippen molar-refractivity contribution in [2.75, 3.05) is 5.73 Å². The fraction of sp³-hybridized carbons (Fsp3) is 0.267. The third-order valence-corrected chi connectivity index (χ3v) is 3.00. The fourth-order valence-corrected chi connectivity index (χ4v) is 1.90. The van der Waals surface area contributed by atoms with E-state index in [4.69, 9.17) is 10.5 Å². The minimum absolute atomic E-state index is 0.454. The highest BCUT2D eigenvalue weighted by molar-refractivity contribution is 5.36. The van der Waals surface area contributed by atoms with Gasteiger partial charge >= 0.3 is 0 Å². The Bertz CT molecular complexity index is 532. The molecule has 92 valence electrons. The Hall–Kier alpha value is -2.03. The molecule has 2 N–H and O–H groups in total. The van der Waals surface area contributed by atoms with Crippen LogP contribution in [0.4, 0.5) is 5.82 Å². The van der Waals surface area contributed by atoms with Gasteiger partial charge in [-0.3, -0.25) is 0 Å². The zero-order chi connectivity index (χ0) is 12.4. The van der Waals surface area contributed by atoms with E-state index in [0.717, 1.165) is 12.2 Å². The molecule has 1 aliphatic rings. The monoisotopic (exact) mass is 240 g/mol. The van der Waals surface area contributed by atoms with Gasteiger partial charge in [0.1, 0.15) is 11.6 Å². The van der Waals surface area contributed by atoms with Crippen molar-refractivity contribution in [2.24, 2.45) is 0 Å². The van der Waals surface area contributed by atoms with E-state index in [1.165, 1.54) is 24.0 Å². The number of aromatic nitrogens is 1. The van der Waals surface area contributed by atoms with Gasteiger partial charge in [0, 0.05) is 6.20 Å². The molecule has 0 atom stereocenters. The fourth-order valence-electron chi connectivity index (χ4n) is 1.90. The molecular formula is C15H16N2O. The Morgan fingerprint density at radius 3 is 2.56 bits per heavy atom. The number of nitrogen functional groups attached to an aromatic ring is 1. The number of nitrogens with two attached hydrogens (primary N) is 1. The molecule has 1 fully saturated rings. The first kappa shape index (κ1) is 11.1. The maximum absolute atomic E-state index is 5.72. The molecule has 0 spiro atoms. The van der Waals surface area contributed by atoms with Crippen molar-refractivity contribution >= 4 is 5.82 Å². The highest BCUT2D eigenvalue weighted by Crippen LogP contribution is 2.27. The third kappa shape index (κ3) is 2.80. The molecule has 1 heterocycles. The second kappa shape index (κ2) is 4.69. The van der Waals surface area contributed by atoms with E-state index >= 15 is 0 Å². The first-order valence-corrected chi connectivity index (χ1v) is 6.25. The molecule has 3 rings (SSSR count). The number of benzene rings is 1. The molecule has 0 saturated heterocycles. The molecule has 1 aliphatic carbocycles. The van der Waals surface area contributed by atoms with E-state index in [2.05, 4.69) is 17.1 Å². The Labute approximate surface area is 107 Å². The van der Waals surface area contributed by atoms with Crippen LogP contribution in [0.3, 0.4) is 0 Å². The van der Waals surface area contributed by atoms with E-state index in [0.29, 0.717) is 11.9 Å². The van der Waals surface area contributed by atoms with E-state index in [1.54, 1.807) is 6.20 Å². The molecule has 18 heavy (non-hydrogen) atoms. The second-order valence-corrected chi connectivity index (χ2v) is 4.73. The van der Waals surface area contributed by atoms with Crippen LogP contribution >= 0.6 is 0 Å². The first-order valence-electron chi connectivity index (χ1n) is 6.25. The van der Waals surface area contributed by atoms with Crippen LogP contribution < -0.4 is 10.5 Å². The number of hydrogen-bond donors (Lipinski definition) is 1. The van der Waals surface area contributed by atoms with Crippen LogP contribution in [0.1, 0.15) is 24.0 Å². The molecule has 0 unspecified atom stereocenters. The standard InChI is InChI=1S/C15H16N2O/c16-15-10-12(7-8-17-15)9-11-1-3-13(4-2-11)18-14-5-6-14/h1-4,7-8,10,14H,5-6,9H2,(H2,16,17). The van der Waals surface area contributed by atoms with Gasteiger partial charge in [-0.25, -0.2) is 4.98 Å². The van der Waals surface area contributed by atoms with Crippen molar-refractivity contribution in [3.63, 3.8) is 0 Å². The maximum Gasteiger partial charge on any atom is 0.123 e. The Morgan fingerprint density at radius 2 is 1.89 bits per heavy atom. The van der Waals surface area contributed by atoms with Crippen molar-refractivity contribution in [3.05, 3.63) is 53.7 Å². The summed E-state index contributed by atoms with van der Waals surface area (Å²) in [4.78, 5) is 3.99. The van der Waals surface area contributed by atoms with Gasteiger partial charge in [-0.2, -0.15) is 0 Å². The smallest absolute Gasteiger partial charge is 0.123 e. The summed E-state index contributed by atoms with van der Waals surface area (Å²) >= 11 is 0. The van der Waals surface area contributed by atoms with Gasteiger partial charge in [0.15, 0.2) is 0 Å². The van der Waals surface area contributed by atoms with Crippen LogP contribution in [0.5, 0.6) is 5.75 Å². The molecule has 0 aliphatic heterocycles. The Morgan fingerprint density at radius 1 is 1.11 bits per heavy atom. The van der Waals surface area contributed by atoms with Crippen molar-refractivity contribution in [1.82, 2.24) is 4.98 Å². The highest BCUT2D eigenvalue weighted by atomic mass is 16.5. The average molecular weight is 240 g/mol. The minimum Gasteiger partial charge on any atom is -0.490 e. The summed E-state index contributed by atoms with van der Waals surface area (Å²) in [5.74, 6) is 1.54. The van der Waals surface area contributed by atoms with Gasteiger partial charge in [-0.1, -0.05) is 12.1 Å². The van der Waals surface area contributed by atoms with E-state index in [-0.39, 0.29) is 0 Å². The summed E-state index contributed by atoms with van der Waals surface area (Å²) in [6, 6.07) is 12.2. The molecule has 2 aromatic rings. The number of ether oxygens (including phenoxy) is 1. The number of rotatable bonds is 4. The third-order valence-electron chi connectivity index (χ3n) is 3.00. The van der Waals surface area contributed by atoms with Gasteiger partial charge in [-0.05, 0) is 54.7 Å². The molecule has 1 saturated carbocycles. The SMILES string of the molecule is Nc1cc(Cc2ccc(OC3CC3)cc2)ccn1. The van der Waals surface area contributed by atoms with Gasteiger partial charge in [0.05, 0.1) is 6.10 Å².